The lowest BCUT2D eigenvalue weighted by Crippen LogP contribution is -2.50. The van der Waals surface area contributed by atoms with E-state index < -0.39 is 0 Å². The van der Waals surface area contributed by atoms with Gasteiger partial charge in [-0.05, 0) is 26.0 Å². The second kappa shape index (κ2) is 7.82. The molecule has 3 aromatic heterocycles. The van der Waals surface area contributed by atoms with Gasteiger partial charge < -0.3 is 9.80 Å². The second-order valence-electron chi connectivity index (χ2n) is 6.96. The third-order valence-corrected chi connectivity index (χ3v) is 4.89. The summed E-state index contributed by atoms with van der Waals surface area (Å²) in [5, 5.41) is 8.41. The van der Waals surface area contributed by atoms with Crippen molar-refractivity contribution >= 4 is 11.7 Å². The molecule has 1 amide bonds. The summed E-state index contributed by atoms with van der Waals surface area (Å²) < 4.78 is 2.98. The molecule has 0 radical (unpaired) electrons. The maximum Gasteiger partial charge on any atom is 0.267 e. The van der Waals surface area contributed by atoms with Crippen LogP contribution < -0.4 is 10.5 Å². The first-order valence-electron chi connectivity index (χ1n) is 9.42. The van der Waals surface area contributed by atoms with Crippen molar-refractivity contribution in [2.75, 3.05) is 31.1 Å². The number of rotatable bonds is 4. The number of carbonyl (C=O) groups is 1. The van der Waals surface area contributed by atoms with Gasteiger partial charge in [-0.2, -0.15) is 10.2 Å². The molecular formula is C19H22N8O2. The van der Waals surface area contributed by atoms with Crippen LogP contribution in [-0.4, -0.2) is 66.5 Å². The topological polar surface area (TPSA) is 102 Å². The van der Waals surface area contributed by atoms with Gasteiger partial charge >= 0.3 is 0 Å². The van der Waals surface area contributed by atoms with Crippen molar-refractivity contribution in [2.45, 2.75) is 20.4 Å². The molecule has 10 heteroatoms. The first kappa shape index (κ1) is 18.8. The highest BCUT2D eigenvalue weighted by Crippen LogP contribution is 2.17. The summed E-state index contributed by atoms with van der Waals surface area (Å²) in [5.41, 5.74) is 1.66. The molecule has 0 aromatic carbocycles. The fourth-order valence-corrected chi connectivity index (χ4v) is 3.41. The summed E-state index contributed by atoms with van der Waals surface area (Å²) in [4.78, 5) is 36.9. The Balaban J connectivity index is 1.41. The number of nitrogens with zero attached hydrogens (tertiary/aromatic N) is 8. The summed E-state index contributed by atoms with van der Waals surface area (Å²) in [5.74, 6) is 1.40. The van der Waals surface area contributed by atoms with Crippen molar-refractivity contribution in [3.05, 3.63) is 58.5 Å². The number of aryl methyl sites for hydroxylation is 2. The van der Waals surface area contributed by atoms with E-state index >= 15 is 0 Å². The van der Waals surface area contributed by atoms with Crippen LogP contribution in [-0.2, 0) is 11.3 Å². The molecule has 4 rings (SSSR count). The van der Waals surface area contributed by atoms with E-state index in [1.807, 2.05) is 26.0 Å². The largest absolute Gasteiger partial charge is 0.353 e. The Bertz CT molecular complexity index is 1080. The standard InChI is InChI=1S/C19H22N8O2/c1-14-10-15(2)27(23-14)17-11-16(20-13-21-17)24-6-8-25(9-7-24)19(29)12-26-18(28)4-3-5-22-26/h3-5,10-11,13H,6-9,12H2,1-2H3. The molecule has 3 aromatic rings. The van der Waals surface area contributed by atoms with Crippen LogP contribution in [0.5, 0.6) is 0 Å². The number of aromatic nitrogens is 6. The average Bonchev–Trinajstić information content (AvgIpc) is 3.08. The molecule has 0 N–H and O–H groups in total. The molecule has 1 aliphatic rings. The van der Waals surface area contributed by atoms with E-state index in [9.17, 15) is 9.59 Å². The zero-order valence-corrected chi connectivity index (χ0v) is 16.4. The van der Waals surface area contributed by atoms with E-state index in [1.165, 1.54) is 23.3 Å². The van der Waals surface area contributed by atoms with E-state index in [4.69, 9.17) is 0 Å². The third kappa shape index (κ3) is 4.00. The summed E-state index contributed by atoms with van der Waals surface area (Å²) in [6.07, 6.45) is 3.04. The lowest BCUT2D eigenvalue weighted by Gasteiger charge is -2.35. The van der Waals surface area contributed by atoms with Crippen LogP contribution in [0.15, 0.2) is 41.6 Å². The van der Waals surface area contributed by atoms with Crippen LogP contribution in [0.4, 0.5) is 5.82 Å². The smallest absolute Gasteiger partial charge is 0.267 e. The van der Waals surface area contributed by atoms with Gasteiger partial charge in [0.2, 0.25) is 5.91 Å². The zero-order chi connectivity index (χ0) is 20.4. The number of hydrogen-bond donors (Lipinski definition) is 0. The predicted octanol–water partition coefficient (Wildman–Crippen LogP) is 0.185. The first-order chi connectivity index (χ1) is 14.0. The summed E-state index contributed by atoms with van der Waals surface area (Å²) in [6.45, 7) is 6.29. The van der Waals surface area contributed by atoms with Crippen molar-refractivity contribution in [1.82, 2.24) is 34.4 Å². The molecule has 0 unspecified atom stereocenters. The maximum atomic E-state index is 12.5. The Labute approximate surface area is 167 Å². The number of carbonyl (C=O) groups excluding carboxylic acids is 1. The van der Waals surface area contributed by atoms with E-state index in [0.29, 0.717) is 32.0 Å². The normalized spacial score (nSPS) is 14.3. The van der Waals surface area contributed by atoms with Crippen molar-refractivity contribution in [1.29, 1.82) is 0 Å². The van der Waals surface area contributed by atoms with E-state index in [2.05, 4.69) is 25.1 Å². The lowest BCUT2D eigenvalue weighted by atomic mass is 10.3. The van der Waals surface area contributed by atoms with Gasteiger partial charge in [-0.3, -0.25) is 9.59 Å². The Kier molecular flexibility index (Phi) is 5.07. The first-order valence-corrected chi connectivity index (χ1v) is 9.42. The SMILES string of the molecule is Cc1cc(C)n(-c2cc(N3CCN(C(=O)Cn4ncccc4=O)CC3)ncn2)n1. The molecule has 0 spiro atoms. The van der Waals surface area contributed by atoms with Crippen LogP contribution >= 0.6 is 0 Å². The van der Waals surface area contributed by atoms with Crippen LogP contribution in [0.25, 0.3) is 5.82 Å². The van der Waals surface area contributed by atoms with E-state index in [-0.39, 0.29) is 18.0 Å². The number of piperazine rings is 1. The molecular weight excluding hydrogens is 372 g/mol. The summed E-state index contributed by atoms with van der Waals surface area (Å²) >= 11 is 0. The maximum absolute atomic E-state index is 12.5. The molecule has 0 bridgehead atoms. The van der Waals surface area contributed by atoms with Crippen LogP contribution in [0.2, 0.25) is 0 Å². The fourth-order valence-electron chi connectivity index (χ4n) is 3.41. The van der Waals surface area contributed by atoms with Gasteiger partial charge in [0.1, 0.15) is 18.7 Å². The molecule has 150 valence electrons. The minimum Gasteiger partial charge on any atom is -0.353 e. The highest BCUT2D eigenvalue weighted by molar-refractivity contribution is 5.76. The van der Waals surface area contributed by atoms with Crippen molar-refractivity contribution in [3.63, 3.8) is 0 Å². The third-order valence-electron chi connectivity index (χ3n) is 4.89. The Morgan fingerprint density at radius 2 is 1.83 bits per heavy atom. The highest BCUT2D eigenvalue weighted by atomic mass is 16.2. The van der Waals surface area contributed by atoms with Gasteiger partial charge in [-0.25, -0.2) is 19.3 Å². The van der Waals surface area contributed by atoms with Crippen molar-refractivity contribution in [3.8, 4) is 5.82 Å². The molecule has 0 atom stereocenters. The fraction of sp³-hybridized carbons (Fsp3) is 0.368. The van der Waals surface area contributed by atoms with Crippen LogP contribution in [0.3, 0.4) is 0 Å². The van der Waals surface area contributed by atoms with Gasteiger partial charge in [0.25, 0.3) is 5.56 Å². The molecule has 10 nitrogen and oxygen atoms in total. The van der Waals surface area contributed by atoms with Gasteiger partial charge in [-0.1, -0.05) is 0 Å². The molecule has 0 saturated carbocycles. The van der Waals surface area contributed by atoms with Crippen molar-refractivity contribution < 1.29 is 4.79 Å². The number of anilines is 1. The summed E-state index contributed by atoms with van der Waals surface area (Å²) in [7, 11) is 0. The quantitative estimate of drug-likeness (QED) is 0.622. The van der Waals surface area contributed by atoms with E-state index in [0.717, 1.165) is 17.2 Å². The lowest BCUT2D eigenvalue weighted by molar-refractivity contribution is -0.132. The minimum atomic E-state index is -0.280. The predicted molar refractivity (Wildman–Crippen MR) is 106 cm³/mol. The van der Waals surface area contributed by atoms with Gasteiger partial charge in [0, 0.05) is 50.2 Å². The second-order valence-corrected chi connectivity index (χ2v) is 6.96. The van der Waals surface area contributed by atoms with Crippen LogP contribution in [0.1, 0.15) is 11.4 Å². The Morgan fingerprint density at radius 1 is 1.07 bits per heavy atom. The minimum absolute atomic E-state index is 0.0464. The van der Waals surface area contributed by atoms with Gasteiger partial charge in [-0.15, -0.1) is 0 Å². The van der Waals surface area contributed by atoms with E-state index in [1.54, 1.807) is 15.6 Å². The Morgan fingerprint density at radius 3 is 2.52 bits per heavy atom. The average molecular weight is 394 g/mol. The molecule has 29 heavy (non-hydrogen) atoms. The molecule has 1 aliphatic heterocycles. The molecule has 4 heterocycles. The molecule has 1 fully saturated rings. The van der Waals surface area contributed by atoms with Crippen molar-refractivity contribution in [2.24, 2.45) is 0 Å². The monoisotopic (exact) mass is 394 g/mol. The zero-order valence-electron chi connectivity index (χ0n) is 16.4. The Hall–Kier alpha value is -3.56. The summed E-state index contributed by atoms with van der Waals surface area (Å²) in [6, 6.07) is 6.86. The number of amides is 1. The highest BCUT2D eigenvalue weighted by Gasteiger charge is 2.23. The molecule has 0 aliphatic carbocycles. The van der Waals surface area contributed by atoms with Crippen LogP contribution in [0, 0.1) is 13.8 Å². The molecule has 1 saturated heterocycles. The van der Waals surface area contributed by atoms with Gasteiger partial charge in [0.05, 0.1) is 5.69 Å². The number of hydrogen-bond acceptors (Lipinski definition) is 7. The van der Waals surface area contributed by atoms with Gasteiger partial charge in [0.15, 0.2) is 5.82 Å².